The van der Waals surface area contributed by atoms with Gasteiger partial charge in [-0.05, 0) is 32.0 Å². The summed E-state index contributed by atoms with van der Waals surface area (Å²) in [5.74, 6) is -0.559. The summed E-state index contributed by atoms with van der Waals surface area (Å²) in [6, 6.07) is 6.92. The van der Waals surface area contributed by atoms with Crippen LogP contribution in [0.3, 0.4) is 0 Å². The van der Waals surface area contributed by atoms with Gasteiger partial charge in [0.05, 0.1) is 29.6 Å². The predicted molar refractivity (Wildman–Crippen MR) is 89.7 cm³/mol. The Morgan fingerprint density at radius 3 is 2.44 bits per heavy atom. The number of pyridine rings is 1. The summed E-state index contributed by atoms with van der Waals surface area (Å²) in [6.07, 6.45) is 0. The summed E-state index contributed by atoms with van der Waals surface area (Å²) < 4.78 is 34.6. The van der Waals surface area contributed by atoms with Crippen LogP contribution in [0.4, 0.5) is 8.78 Å². The fourth-order valence-corrected chi connectivity index (χ4v) is 3.03. The molecule has 1 aromatic carbocycles. The zero-order valence-corrected chi connectivity index (χ0v) is 13.8. The van der Waals surface area contributed by atoms with Gasteiger partial charge in [0.25, 0.3) is 0 Å². The molecule has 25 heavy (non-hydrogen) atoms. The fourth-order valence-electron chi connectivity index (χ4n) is 3.03. The number of benzene rings is 1. The number of nitrogens with zero attached hydrogens (tertiary/aromatic N) is 4. The smallest absolute Gasteiger partial charge is 0.215 e. The third kappa shape index (κ3) is 2.31. The molecule has 0 aliphatic rings. The monoisotopic (exact) mass is 340 g/mol. The van der Waals surface area contributed by atoms with Crippen LogP contribution in [0.2, 0.25) is 0 Å². The van der Waals surface area contributed by atoms with Gasteiger partial charge in [-0.3, -0.25) is 4.40 Å². The quantitative estimate of drug-likeness (QED) is 0.556. The molecule has 0 unspecified atom stereocenters. The van der Waals surface area contributed by atoms with Gasteiger partial charge in [0, 0.05) is 12.1 Å². The Morgan fingerprint density at radius 2 is 1.72 bits per heavy atom. The molecule has 0 spiro atoms. The minimum Gasteiger partial charge on any atom is -0.481 e. The topological polar surface area (TPSA) is 52.3 Å². The van der Waals surface area contributed by atoms with Gasteiger partial charge in [-0.1, -0.05) is 0 Å². The first-order valence-electron chi connectivity index (χ1n) is 7.65. The third-order valence-corrected chi connectivity index (χ3v) is 4.10. The van der Waals surface area contributed by atoms with Crippen molar-refractivity contribution in [3.63, 3.8) is 0 Å². The zero-order valence-electron chi connectivity index (χ0n) is 13.8. The van der Waals surface area contributed by atoms with Crippen LogP contribution in [0, 0.1) is 25.5 Å². The van der Waals surface area contributed by atoms with Gasteiger partial charge >= 0.3 is 0 Å². The number of fused-ring (bicyclic) bond motifs is 3. The molecule has 7 heteroatoms. The summed E-state index contributed by atoms with van der Waals surface area (Å²) in [4.78, 5) is 13.5. The SMILES string of the molecule is COc1ccc2nc(C)c3c(C)nc(-c4ccc(F)cc4F)n3c2n1. The molecule has 0 radical (unpaired) electrons. The van der Waals surface area contributed by atoms with Crippen molar-refractivity contribution < 1.29 is 13.5 Å². The molecular weight excluding hydrogens is 326 g/mol. The molecular formula is C18H14F2N4O. The van der Waals surface area contributed by atoms with Crippen LogP contribution in [0.5, 0.6) is 5.88 Å². The third-order valence-electron chi connectivity index (χ3n) is 4.10. The fraction of sp³-hybridized carbons (Fsp3) is 0.167. The number of rotatable bonds is 2. The van der Waals surface area contributed by atoms with Crippen molar-refractivity contribution >= 4 is 16.7 Å². The van der Waals surface area contributed by atoms with E-state index in [1.807, 2.05) is 13.8 Å². The van der Waals surface area contributed by atoms with Crippen molar-refractivity contribution in [1.82, 2.24) is 19.4 Å². The Morgan fingerprint density at radius 1 is 0.960 bits per heavy atom. The maximum absolute atomic E-state index is 14.4. The zero-order chi connectivity index (χ0) is 17.7. The molecule has 0 bridgehead atoms. The lowest BCUT2D eigenvalue weighted by molar-refractivity contribution is 0.399. The van der Waals surface area contributed by atoms with Gasteiger partial charge in [0.2, 0.25) is 5.88 Å². The second kappa shape index (κ2) is 5.47. The van der Waals surface area contributed by atoms with Crippen LogP contribution in [-0.2, 0) is 0 Å². The Kier molecular flexibility index (Phi) is 3.38. The lowest BCUT2D eigenvalue weighted by Gasteiger charge is -2.09. The van der Waals surface area contributed by atoms with Crippen molar-refractivity contribution in [2.24, 2.45) is 0 Å². The van der Waals surface area contributed by atoms with Crippen molar-refractivity contribution in [3.05, 3.63) is 53.4 Å². The molecule has 0 amide bonds. The minimum atomic E-state index is -0.683. The maximum atomic E-state index is 14.4. The van der Waals surface area contributed by atoms with E-state index in [0.717, 1.165) is 17.3 Å². The highest BCUT2D eigenvalue weighted by Crippen LogP contribution is 2.30. The van der Waals surface area contributed by atoms with E-state index in [1.165, 1.54) is 19.2 Å². The number of methoxy groups -OCH3 is 1. The van der Waals surface area contributed by atoms with Crippen LogP contribution in [0.15, 0.2) is 30.3 Å². The van der Waals surface area contributed by atoms with Gasteiger partial charge in [0.15, 0.2) is 5.65 Å². The average molecular weight is 340 g/mol. The first-order chi connectivity index (χ1) is 12.0. The average Bonchev–Trinajstić information content (AvgIpc) is 2.93. The largest absolute Gasteiger partial charge is 0.481 e. The number of aryl methyl sites for hydroxylation is 2. The summed E-state index contributed by atoms with van der Waals surface area (Å²) in [7, 11) is 1.52. The molecule has 3 aromatic heterocycles. The molecule has 5 nitrogen and oxygen atoms in total. The van der Waals surface area contributed by atoms with E-state index in [0.29, 0.717) is 28.6 Å². The van der Waals surface area contributed by atoms with E-state index >= 15 is 0 Å². The van der Waals surface area contributed by atoms with Gasteiger partial charge in [-0.25, -0.2) is 18.7 Å². The highest BCUT2D eigenvalue weighted by atomic mass is 19.1. The first-order valence-corrected chi connectivity index (χ1v) is 7.65. The van der Waals surface area contributed by atoms with Crippen LogP contribution >= 0.6 is 0 Å². The first kappa shape index (κ1) is 15.4. The van der Waals surface area contributed by atoms with Crippen LogP contribution in [0.25, 0.3) is 28.1 Å². The van der Waals surface area contributed by atoms with E-state index in [2.05, 4.69) is 15.0 Å². The number of imidazole rings is 1. The van der Waals surface area contributed by atoms with Crippen molar-refractivity contribution in [3.8, 4) is 17.3 Å². The summed E-state index contributed by atoms with van der Waals surface area (Å²) in [6.45, 7) is 3.68. The number of ether oxygens (including phenoxy) is 1. The molecule has 126 valence electrons. The molecule has 0 fully saturated rings. The summed E-state index contributed by atoms with van der Waals surface area (Å²) >= 11 is 0. The molecule has 4 rings (SSSR count). The molecule has 3 heterocycles. The molecule has 0 aliphatic heterocycles. The second-order valence-electron chi connectivity index (χ2n) is 5.72. The molecule has 0 saturated heterocycles. The molecule has 0 atom stereocenters. The van der Waals surface area contributed by atoms with Crippen LogP contribution < -0.4 is 4.74 Å². The minimum absolute atomic E-state index is 0.195. The van der Waals surface area contributed by atoms with Gasteiger partial charge < -0.3 is 4.74 Å². The lowest BCUT2D eigenvalue weighted by atomic mass is 10.2. The number of aromatic nitrogens is 4. The molecule has 0 saturated carbocycles. The number of hydrogen-bond acceptors (Lipinski definition) is 4. The highest BCUT2D eigenvalue weighted by Gasteiger charge is 2.19. The number of halogens is 2. The van der Waals surface area contributed by atoms with Crippen LogP contribution in [-0.4, -0.2) is 26.5 Å². The second-order valence-corrected chi connectivity index (χ2v) is 5.72. The Hall–Kier alpha value is -3.09. The predicted octanol–water partition coefficient (Wildman–Crippen LogP) is 3.85. The molecule has 0 N–H and O–H groups in total. The van der Waals surface area contributed by atoms with E-state index in [1.54, 1.807) is 16.5 Å². The summed E-state index contributed by atoms with van der Waals surface area (Å²) in [5, 5.41) is 0. The highest BCUT2D eigenvalue weighted by molar-refractivity contribution is 5.81. The van der Waals surface area contributed by atoms with E-state index in [-0.39, 0.29) is 5.56 Å². The Balaban J connectivity index is 2.18. The normalized spacial score (nSPS) is 11.4. The standard InChI is InChI=1S/C18H14F2N4O/c1-9-16-10(2)22-17(12-5-4-11(19)8-13(12)20)24(16)18-14(21-9)6-7-15(23-18)25-3/h4-8H,1-3H3. The van der Waals surface area contributed by atoms with Crippen molar-refractivity contribution in [2.45, 2.75) is 13.8 Å². The van der Waals surface area contributed by atoms with E-state index < -0.39 is 11.6 Å². The van der Waals surface area contributed by atoms with E-state index in [4.69, 9.17) is 4.74 Å². The van der Waals surface area contributed by atoms with Crippen molar-refractivity contribution in [2.75, 3.05) is 7.11 Å². The Labute approximate surface area is 141 Å². The van der Waals surface area contributed by atoms with Gasteiger partial charge in [-0.15, -0.1) is 0 Å². The maximum Gasteiger partial charge on any atom is 0.215 e. The van der Waals surface area contributed by atoms with Crippen molar-refractivity contribution in [1.29, 1.82) is 0 Å². The number of hydrogen-bond donors (Lipinski definition) is 0. The van der Waals surface area contributed by atoms with E-state index in [9.17, 15) is 8.78 Å². The Bertz CT molecular complexity index is 1140. The lowest BCUT2D eigenvalue weighted by Crippen LogP contribution is -2.01. The molecule has 0 aliphatic carbocycles. The van der Waals surface area contributed by atoms with Crippen LogP contribution in [0.1, 0.15) is 11.4 Å². The summed E-state index contributed by atoms with van der Waals surface area (Å²) in [5.41, 5.74) is 3.51. The van der Waals surface area contributed by atoms with Gasteiger partial charge in [-0.2, -0.15) is 4.98 Å². The van der Waals surface area contributed by atoms with Gasteiger partial charge in [0.1, 0.15) is 23.0 Å². The molecule has 4 aromatic rings.